The highest BCUT2D eigenvalue weighted by molar-refractivity contribution is 5.99. The second kappa shape index (κ2) is 8.80. The first-order chi connectivity index (χ1) is 15.7. The summed E-state index contributed by atoms with van der Waals surface area (Å²) in [6.07, 6.45) is 0.860. The third-order valence-corrected chi connectivity index (χ3v) is 5.29. The Balaban J connectivity index is 1.64. The molecule has 0 spiro atoms. The maximum Gasteiger partial charge on any atom is 0.288 e. The van der Waals surface area contributed by atoms with Crippen LogP contribution >= 0.6 is 0 Å². The smallest absolute Gasteiger partial charge is 0.288 e. The second-order valence-corrected chi connectivity index (χ2v) is 8.07. The van der Waals surface area contributed by atoms with Gasteiger partial charge in [-0.05, 0) is 43.5 Å². The molecule has 3 N–H and O–H groups in total. The van der Waals surface area contributed by atoms with Crippen LogP contribution in [0.5, 0.6) is 0 Å². The molecule has 0 bridgehead atoms. The number of benzene rings is 1. The molecule has 0 radical (unpaired) electrons. The number of carbonyl (C=O) groups excluding carboxylic acids is 1. The minimum Gasteiger partial charge on any atom is -0.428 e. The first-order valence-corrected chi connectivity index (χ1v) is 10.2. The summed E-state index contributed by atoms with van der Waals surface area (Å²) in [7, 11) is 0. The van der Waals surface area contributed by atoms with E-state index < -0.39 is 35.9 Å². The molecular formula is C22H21F4N5O2. The third-order valence-electron chi connectivity index (χ3n) is 5.29. The largest absolute Gasteiger partial charge is 0.428 e. The Labute approximate surface area is 186 Å². The molecule has 1 aromatic heterocycles. The lowest BCUT2D eigenvalue weighted by Gasteiger charge is -2.28. The third kappa shape index (κ3) is 4.96. The van der Waals surface area contributed by atoms with Crippen LogP contribution < -0.4 is 11.1 Å². The van der Waals surface area contributed by atoms with Gasteiger partial charge in [-0.25, -0.2) is 32.5 Å². The summed E-state index contributed by atoms with van der Waals surface area (Å²) in [5, 5.41) is 2.96. The standard InChI is InChI=1S/C22H21F4N5O2/c1-22(8-13(9-23)33-21(27)31-22)14-6-11(2-5-15(14)24)7-17(32)18-20(29-12-3-4-12)30-16(10-28-18)19(25)26/h2,5-6,8,10,12,19H,3-4,7,9H2,1H3,(H2,27,31)(H,29,30)/t22-/m0/s1. The number of anilines is 1. The van der Waals surface area contributed by atoms with Gasteiger partial charge in [-0.2, -0.15) is 0 Å². The van der Waals surface area contributed by atoms with Gasteiger partial charge in [0.1, 0.15) is 35.2 Å². The summed E-state index contributed by atoms with van der Waals surface area (Å²) in [6, 6.07) is 3.77. The molecule has 2 aromatic rings. The fourth-order valence-corrected chi connectivity index (χ4v) is 3.54. The van der Waals surface area contributed by atoms with E-state index in [4.69, 9.17) is 10.5 Å². The van der Waals surface area contributed by atoms with Gasteiger partial charge >= 0.3 is 0 Å². The van der Waals surface area contributed by atoms with Crippen molar-refractivity contribution in [2.45, 2.75) is 44.2 Å². The first kappa shape index (κ1) is 22.7. The molecular weight excluding hydrogens is 442 g/mol. The molecule has 1 fully saturated rings. The molecule has 1 aliphatic heterocycles. The van der Waals surface area contributed by atoms with Crippen molar-refractivity contribution in [2.75, 3.05) is 12.0 Å². The number of allylic oxidation sites excluding steroid dienone is 1. The minimum absolute atomic E-state index is 0.00641. The van der Waals surface area contributed by atoms with Crippen molar-refractivity contribution >= 4 is 17.6 Å². The summed E-state index contributed by atoms with van der Waals surface area (Å²) in [5.41, 5.74) is 4.17. The topological polar surface area (TPSA) is 102 Å². The average Bonchev–Trinajstić information content (AvgIpc) is 3.58. The summed E-state index contributed by atoms with van der Waals surface area (Å²) in [6.45, 7) is 0.587. The number of nitrogens with two attached hydrogens (primary N) is 1. The van der Waals surface area contributed by atoms with Crippen LogP contribution in [0.4, 0.5) is 23.4 Å². The average molecular weight is 463 g/mol. The maximum atomic E-state index is 14.7. The Hall–Kier alpha value is -3.50. The van der Waals surface area contributed by atoms with Crippen LogP contribution in [-0.4, -0.2) is 34.5 Å². The molecule has 11 heteroatoms. The Morgan fingerprint density at radius 1 is 1.36 bits per heavy atom. The van der Waals surface area contributed by atoms with Crippen LogP contribution in [0.1, 0.15) is 53.5 Å². The van der Waals surface area contributed by atoms with Crippen molar-refractivity contribution < 1.29 is 27.1 Å². The molecule has 0 amide bonds. The number of rotatable bonds is 8. The zero-order chi connectivity index (χ0) is 23.8. The van der Waals surface area contributed by atoms with E-state index in [0.717, 1.165) is 19.0 Å². The predicted octanol–water partition coefficient (Wildman–Crippen LogP) is 3.97. The van der Waals surface area contributed by atoms with Gasteiger partial charge < -0.3 is 15.8 Å². The van der Waals surface area contributed by atoms with Crippen molar-refractivity contribution in [1.29, 1.82) is 0 Å². The lowest BCUT2D eigenvalue weighted by Crippen LogP contribution is -2.31. The molecule has 4 rings (SSSR count). The van der Waals surface area contributed by atoms with Gasteiger partial charge in [0.05, 0.1) is 6.20 Å². The van der Waals surface area contributed by atoms with Crippen molar-refractivity contribution in [3.05, 3.63) is 64.6 Å². The number of hydrogen-bond donors (Lipinski definition) is 2. The zero-order valence-corrected chi connectivity index (χ0v) is 17.6. The number of ketones is 1. The predicted molar refractivity (Wildman–Crippen MR) is 112 cm³/mol. The van der Waals surface area contributed by atoms with Crippen LogP contribution in [0.3, 0.4) is 0 Å². The van der Waals surface area contributed by atoms with E-state index in [0.29, 0.717) is 5.56 Å². The van der Waals surface area contributed by atoms with E-state index >= 15 is 0 Å². The highest BCUT2D eigenvalue weighted by atomic mass is 19.3. The first-order valence-electron chi connectivity index (χ1n) is 10.2. The van der Waals surface area contributed by atoms with Crippen LogP contribution in [0, 0.1) is 5.82 Å². The Kier molecular flexibility index (Phi) is 6.05. The minimum atomic E-state index is -2.82. The normalized spacial score (nSPS) is 20.2. The van der Waals surface area contributed by atoms with E-state index in [1.807, 2.05) is 0 Å². The second-order valence-electron chi connectivity index (χ2n) is 8.07. The SMILES string of the molecule is C[C@@]1(c2cc(CC(=O)c3ncc(C(F)F)nc3NC3CC3)ccc2F)C=C(CF)OC(N)=N1. The number of hydrogen-bond acceptors (Lipinski definition) is 7. The van der Waals surface area contributed by atoms with Crippen LogP contribution in [0.15, 0.2) is 41.2 Å². The number of ether oxygens (including phenoxy) is 1. The van der Waals surface area contributed by atoms with Gasteiger partial charge in [0.2, 0.25) is 0 Å². The zero-order valence-electron chi connectivity index (χ0n) is 17.6. The summed E-state index contributed by atoms with van der Waals surface area (Å²) in [4.78, 5) is 24.9. The molecule has 33 heavy (non-hydrogen) atoms. The number of aromatic nitrogens is 2. The number of aliphatic imine (C=N–C) groups is 1. The number of nitrogens with one attached hydrogen (secondary N) is 1. The Morgan fingerprint density at radius 2 is 2.12 bits per heavy atom. The van der Waals surface area contributed by atoms with Gasteiger partial charge in [-0.1, -0.05) is 6.07 Å². The molecule has 2 heterocycles. The molecule has 7 nitrogen and oxygen atoms in total. The number of alkyl halides is 3. The quantitative estimate of drug-likeness (QED) is 0.454. The summed E-state index contributed by atoms with van der Waals surface area (Å²) < 4.78 is 58.9. The van der Waals surface area contributed by atoms with Gasteiger partial charge in [0.15, 0.2) is 11.6 Å². The summed E-state index contributed by atoms with van der Waals surface area (Å²) in [5.74, 6) is -1.20. The van der Waals surface area contributed by atoms with Crippen LogP contribution in [-0.2, 0) is 16.7 Å². The van der Waals surface area contributed by atoms with Crippen LogP contribution in [0.25, 0.3) is 0 Å². The number of halogens is 4. The van der Waals surface area contributed by atoms with E-state index in [1.54, 1.807) is 0 Å². The van der Waals surface area contributed by atoms with Gasteiger partial charge in [-0.15, -0.1) is 0 Å². The van der Waals surface area contributed by atoms with Crippen molar-refractivity contribution in [3.63, 3.8) is 0 Å². The number of amidine groups is 1. The molecule has 174 valence electrons. The Morgan fingerprint density at radius 3 is 2.79 bits per heavy atom. The fraction of sp³-hybridized carbons (Fsp3) is 0.364. The van der Waals surface area contributed by atoms with Crippen molar-refractivity contribution in [1.82, 2.24) is 9.97 Å². The van der Waals surface area contributed by atoms with Gasteiger partial charge in [0, 0.05) is 18.0 Å². The Bertz CT molecular complexity index is 1150. The van der Waals surface area contributed by atoms with Gasteiger partial charge in [0.25, 0.3) is 12.4 Å². The molecule has 1 aliphatic carbocycles. The highest BCUT2D eigenvalue weighted by Gasteiger charge is 2.33. The lowest BCUT2D eigenvalue weighted by atomic mass is 9.88. The highest BCUT2D eigenvalue weighted by Crippen LogP contribution is 2.34. The van der Waals surface area contributed by atoms with E-state index in [-0.39, 0.29) is 41.3 Å². The van der Waals surface area contributed by atoms with E-state index in [9.17, 15) is 22.4 Å². The molecule has 1 atom stereocenters. The van der Waals surface area contributed by atoms with Gasteiger partial charge in [-0.3, -0.25) is 4.79 Å². The monoisotopic (exact) mass is 463 g/mol. The lowest BCUT2D eigenvalue weighted by molar-refractivity contribution is 0.0987. The van der Waals surface area contributed by atoms with E-state index in [1.165, 1.54) is 31.2 Å². The maximum absolute atomic E-state index is 14.7. The van der Waals surface area contributed by atoms with Crippen LogP contribution in [0.2, 0.25) is 0 Å². The number of Topliss-reactive ketones (excluding diaryl/α,β-unsaturated/α-hetero) is 1. The molecule has 1 saturated carbocycles. The summed E-state index contributed by atoms with van der Waals surface area (Å²) >= 11 is 0. The molecule has 1 aromatic carbocycles. The number of carbonyl (C=O) groups is 1. The van der Waals surface area contributed by atoms with Crippen molar-refractivity contribution in [3.8, 4) is 0 Å². The molecule has 2 aliphatic rings. The molecule has 0 saturated heterocycles. The molecule has 0 unspecified atom stereocenters. The van der Waals surface area contributed by atoms with Crippen molar-refractivity contribution in [2.24, 2.45) is 10.7 Å². The number of nitrogens with zero attached hydrogens (tertiary/aromatic N) is 3. The fourth-order valence-electron chi connectivity index (χ4n) is 3.54. The van der Waals surface area contributed by atoms with E-state index in [2.05, 4.69) is 20.3 Å².